The van der Waals surface area contributed by atoms with Gasteiger partial charge in [0.2, 0.25) is 0 Å². The zero-order valence-corrected chi connectivity index (χ0v) is 9.76. The SMILES string of the molecule is C=CC[C](O)C(CCC)CCCCC. The summed E-state index contributed by atoms with van der Waals surface area (Å²) in [6.45, 7) is 8.04. The Bertz CT molecular complexity index is 131. The zero-order chi connectivity index (χ0) is 10.8. The van der Waals surface area contributed by atoms with Crippen molar-refractivity contribution in [2.75, 3.05) is 0 Å². The number of rotatable bonds is 9. The van der Waals surface area contributed by atoms with Crippen LogP contribution < -0.4 is 0 Å². The number of aliphatic hydroxyl groups excluding tert-OH is 1. The number of unbranched alkanes of at least 4 members (excludes halogenated alkanes) is 2. The Morgan fingerprint density at radius 1 is 1.21 bits per heavy atom. The fourth-order valence-electron chi connectivity index (χ4n) is 1.78. The molecule has 1 nitrogen and oxygen atoms in total. The first-order valence-electron chi connectivity index (χ1n) is 5.91. The average molecular weight is 197 g/mol. The van der Waals surface area contributed by atoms with Gasteiger partial charge in [-0.05, 0) is 25.2 Å². The second kappa shape index (κ2) is 9.26. The quantitative estimate of drug-likeness (QED) is 0.427. The highest BCUT2D eigenvalue weighted by Gasteiger charge is 2.17. The summed E-state index contributed by atoms with van der Waals surface area (Å²) in [6, 6.07) is 0. The van der Waals surface area contributed by atoms with Crippen LogP contribution in [0.2, 0.25) is 0 Å². The molecule has 0 aliphatic carbocycles. The molecule has 14 heavy (non-hydrogen) atoms. The Kier molecular flexibility index (Phi) is 9.06. The van der Waals surface area contributed by atoms with Crippen molar-refractivity contribution >= 4 is 0 Å². The van der Waals surface area contributed by atoms with E-state index < -0.39 is 0 Å². The van der Waals surface area contributed by atoms with E-state index in [-0.39, 0.29) is 0 Å². The minimum absolute atomic E-state index is 0.407. The van der Waals surface area contributed by atoms with E-state index in [1.165, 1.54) is 19.3 Å². The van der Waals surface area contributed by atoms with Crippen molar-refractivity contribution in [2.24, 2.45) is 5.92 Å². The molecule has 0 aromatic carbocycles. The molecule has 0 aromatic rings. The molecule has 1 N–H and O–H groups in total. The molecule has 0 heterocycles. The van der Waals surface area contributed by atoms with Gasteiger partial charge in [-0.25, -0.2) is 0 Å². The van der Waals surface area contributed by atoms with Crippen molar-refractivity contribution in [3.63, 3.8) is 0 Å². The Hall–Kier alpha value is -0.300. The Morgan fingerprint density at radius 3 is 2.43 bits per heavy atom. The monoisotopic (exact) mass is 197 g/mol. The van der Waals surface area contributed by atoms with Crippen LogP contribution in [-0.4, -0.2) is 5.11 Å². The van der Waals surface area contributed by atoms with Crippen LogP contribution in [0.1, 0.15) is 58.8 Å². The number of aliphatic hydroxyl groups is 1. The minimum atomic E-state index is 0.407. The normalized spacial score (nSPS) is 13.1. The molecule has 0 spiro atoms. The van der Waals surface area contributed by atoms with Gasteiger partial charge < -0.3 is 5.11 Å². The molecule has 0 aliphatic rings. The topological polar surface area (TPSA) is 20.2 Å². The fraction of sp³-hybridized carbons (Fsp3) is 0.769. The molecule has 1 heteroatoms. The summed E-state index contributed by atoms with van der Waals surface area (Å²) >= 11 is 0. The molecule has 83 valence electrons. The third-order valence-electron chi connectivity index (χ3n) is 2.62. The molecule has 0 amide bonds. The molecule has 0 rings (SSSR count). The standard InChI is InChI=1S/C13H25O/c1-4-7-8-11-12(9-5-2)13(14)10-6-3/h6,12,14H,3-5,7-11H2,1-2H3. The van der Waals surface area contributed by atoms with Gasteiger partial charge >= 0.3 is 0 Å². The molecule has 0 aliphatic heterocycles. The van der Waals surface area contributed by atoms with Crippen molar-refractivity contribution in [1.29, 1.82) is 0 Å². The molecule has 0 fully saturated rings. The molecule has 0 saturated heterocycles. The first kappa shape index (κ1) is 13.7. The maximum absolute atomic E-state index is 9.78. The zero-order valence-electron chi connectivity index (χ0n) is 9.76. The maximum Gasteiger partial charge on any atom is 0.100 e. The van der Waals surface area contributed by atoms with E-state index in [0.29, 0.717) is 18.4 Å². The predicted octanol–water partition coefficient (Wildman–Crippen LogP) is 4.46. The van der Waals surface area contributed by atoms with Gasteiger partial charge in [-0.1, -0.05) is 45.6 Å². The molecule has 0 aromatic heterocycles. The lowest BCUT2D eigenvalue weighted by Crippen LogP contribution is -2.11. The molecule has 1 radical (unpaired) electrons. The fourth-order valence-corrected chi connectivity index (χ4v) is 1.78. The summed E-state index contributed by atoms with van der Waals surface area (Å²) in [6.07, 6.45) is 10.3. The van der Waals surface area contributed by atoms with Gasteiger partial charge in [0.05, 0.1) is 0 Å². The van der Waals surface area contributed by atoms with E-state index in [0.717, 1.165) is 19.3 Å². The van der Waals surface area contributed by atoms with Gasteiger partial charge in [0, 0.05) is 0 Å². The molecular formula is C13H25O. The van der Waals surface area contributed by atoms with Crippen molar-refractivity contribution < 1.29 is 5.11 Å². The molecule has 0 saturated carbocycles. The molecule has 1 unspecified atom stereocenters. The summed E-state index contributed by atoms with van der Waals surface area (Å²) in [5, 5.41) is 9.78. The first-order chi connectivity index (χ1) is 6.76. The van der Waals surface area contributed by atoms with Crippen LogP contribution in [0, 0.1) is 12.0 Å². The van der Waals surface area contributed by atoms with Crippen molar-refractivity contribution in [2.45, 2.75) is 58.8 Å². The lowest BCUT2D eigenvalue weighted by atomic mass is 9.89. The van der Waals surface area contributed by atoms with Crippen molar-refractivity contribution in [3.05, 3.63) is 18.8 Å². The Morgan fingerprint density at radius 2 is 1.93 bits per heavy atom. The third-order valence-corrected chi connectivity index (χ3v) is 2.62. The summed E-state index contributed by atoms with van der Waals surface area (Å²) < 4.78 is 0. The highest BCUT2D eigenvalue weighted by molar-refractivity contribution is 4.91. The second-order valence-electron chi connectivity index (χ2n) is 3.97. The van der Waals surface area contributed by atoms with E-state index >= 15 is 0 Å². The van der Waals surface area contributed by atoms with Gasteiger partial charge in [0.15, 0.2) is 0 Å². The average Bonchev–Trinajstić information content (AvgIpc) is 2.17. The number of hydrogen-bond acceptors (Lipinski definition) is 1. The van der Waals surface area contributed by atoms with Crippen LogP contribution in [0.3, 0.4) is 0 Å². The first-order valence-corrected chi connectivity index (χ1v) is 5.91. The van der Waals surface area contributed by atoms with E-state index in [1.54, 1.807) is 6.08 Å². The Balaban J connectivity index is 3.80. The van der Waals surface area contributed by atoms with Crippen LogP contribution in [0.15, 0.2) is 12.7 Å². The minimum Gasteiger partial charge on any atom is -0.386 e. The van der Waals surface area contributed by atoms with Gasteiger partial charge in [0.25, 0.3) is 0 Å². The highest BCUT2D eigenvalue weighted by Crippen LogP contribution is 2.26. The smallest absolute Gasteiger partial charge is 0.100 e. The second-order valence-corrected chi connectivity index (χ2v) is 3.97. The molecule has 0 bridgehead atoms. The summed E-state index contributed by atoms with van der Waals surface area (Å²) in [5.74, 6) is 0.407. The van der Waals surface area contributed by atoms with Gasteiger partial charge in [-0.3, -0.25) is 0 Å². The lowest BCUT2D eigenvalue weighted by Gasteiger charge is -2.20. The maximum atomic E-state index is 9.78. The predicted molar refractivity (Wildman–Crippen MR) is 62.5 cm³/mol. The summed E-state index contributed by atoms with van der Waals surface area (Å²) in [4.78, 5) is 0. The Labute approximate surface area is 89.2 Å². The van der Waals surface area contributed by atoms with Crippen LogP contribution in [-0.2, 0) is 0 Å². The largest absolute Gasteiger partial charge is 0.386 e. The van der Waals surface area contributed by atoms with Crippen molar-refractivity contribution in [3.8, 4) is 0 Å². The molecule has 1 atom stereocenters. The molecular weight excluding hydrogens is 172 g/mol. The van der Waals surface area contributed by atoms with Crippen molar-refractivity contribution in [1.82, 2.24) is 0 Å². The highest BCUT2D eigenvalue weighted by atomic mass is 16.3. The van der Waals surface area contributed by atoms with Gasteiger partial charge in [0.1, 0.15) is 6.10 Å². The van der Waals surface area contributed by atoms with Gasteiger partial charge in [-0.15, -0.1) is 6.58 Å². The van der Waals surface area contributed by atoms with E-state index in [2.05, 4.69) is 20.4 Å². The summed E-state index contributed by atoms with van der Waals surface area (Å²) in [7, 11) is 0. The van der Waals surface area contributed by atoms with Crippen LogP contribution in [0.5, 0.6) is 0 Å². The van der Waals surface area contributed by atoms with Crippen LogP contribution in [0.4, 0.5) is 0 Å². The van der Waals surface area contributed by atoms with Crippen LogP contribution in [0.25, 0.3) is 0 Å². The third kappa shape index (κ3) is 6.20. The van der Waals surface area contributed by atoms with E-state index in [9.17, 15) is 5.11 Å². The number of hydrogen-bond donors (Lipinski definition) is 1. The van der Waals surface area contributed by atoms with Crippen LogP contribution >= 0.6 is 0 Å². The van der Waals surface area contributed by atoms with Gasteiger partial charge in [-0.2, -0.15) is 0 Å². The van der Waals surface area contributed by atoms with E-state index in [4.69, 9.17) is 0 Å². The lowest BCUT2D eigenvalue weighted by molar-refractivity contribution is 0.204. The summed E-state index contributed by atoms with van der Waals surface area (Å²) in [5.41, 5.74) is 0. The van der Waals surface area contributed by atoms with E-state index in [1.807, 2.05) is 0 Å².